The summed E-state index contributed by atoms with van der Waals surface area (Å²) >= 11 is 0. The number of rotatable bonds is 5. The topological polar surface area (TPSA) is 46.2 Å². The van der Waals surface area contributed by atoms with Gasteiger partial charge in [-0.1, -0.05) is 25.5 Å². The summed E-state index contributed by atoms with van der Waals surface area (Å²) in [7, 11) is 0. The average molecular weight is 376 g/mol. The van der Waals surface area contributed by atoms with Gasteiger partial charge in [0.1, 0.15) is 5.75 Å². The Morgan fingerprint density at radius 1 is 0.962 bits per heavy atom. The highest BCUT2D eigenvalue weighted by molar-refractivity contribution is 5.28. The zero-order chi connectivity index (χ0) is 18.6. The lowest BCUT2D eigenvalue weighted by Gasteiger charge is -2.37. The largest absolute Gasteiger partial charge is 0.573 e. The summed E-state index contributed by atoms with van der Waals surface area (Å²) in [5, 5.41) is 0. The average Bonchev–Trinajstić information content (AvgIpc) is 2.62. The molecule has 1 aromatic carbocycles. The maximum atomic E-state index is 12.2. The Balaban J connectivity index is 1.46. The van der Waals surface area contributed by atoms with E-state index in [9.17, 15) is 13.2 Å². The zero-order valence-electron chi connectivity index (χ0n) is 14.5. The van der Waals surface area contributed by atoms with E-state index >= 15 is 0 Å². The van der Waals surface area contributed by atoms with Crippen LogP contribution in [0.5, 0.6) is 5.75 Å². The highest BCUT2D eigenvalue weighted by Gasteiger charge is 2.34. The second-order valence-corrected chi connectivity index (χ2v) is 6.57. The van der Waals surface area contributed by atoms with Crippen LogP contribution in [0.2, 0.25) is 0 Å². The lowest BCUT2D eigenvalue weighted by Crippen LogP contribution is -2.43. The van der Waals surface area contributed by atoms with Gasteiger partial charge in [-0.3, -0.25) is 0 Å². The summed E-state index contributed by atoms with van der Waals surface area (Å²) < 4.78 is 63.4. The van der Waals surface area contributed by atoms with Crippen LogP contribution in [0.15, 0.2) is 24.3 Å². The molecule has 0 atom stereocenters. The summed E-state index contributed by atoms with van der Waals surface area (Å²) in [4.78, 5) is 0. The molecule has 0 N–H and O–H groups in total. The van der Waals surface area contributed by atoms with Gasteiger partial charge < -0.3 is 23.7 Å². The van der Waals surface area contributed by atoms with Crippen LogP contribution in [0.25, 0.3) is 0 Å². The Kier molecular flexibility index (Phi) is 6.39. The number of ether oxygens (including phenoxy) is 5. The van der Waals surface area contributed by atoms with Gasteiger partial charge in [0.05, 0.1) is 32.3 Å². The van der Waals surface area contributed by atoms with Crippen LogP contribution in [0.3, 0.4) is 0 Å². The van der Waals surface area contributed by atoms with Crippen LogP contribution in [0, 0.1) is 11.8 Å². The van der Waals surface area contributed by atoms with E-state index in [1.807, 2.05) is 0 Å². The van der Waals surface area contributed by atoms with Gasteiger partial charge in [0.25, 0.3) is 0 Å². The van der Waals surface area contributed by atoms with Crippen molar-refractivity contribution in [2.24, 2.45) is 11.8 Å². The second kappa shape index (κ2) is 8.56. The quantitative estimate of drug-likeness (QED) is 0.776. The van der Waals surface area contributed by atoms with Crippen LogP contribution in [0.4, 0.5) is 13.2 Å². The Labute approximate surface area is 150 Å². The molecule has 0 unspecified atom stereocenters. The Bertz CT molecular complexity index is 547. The van der Waals surface area contributed by atoms with E-state index in [0.717, 1.165) is 12.8 Å². The molecule has 0 spiro atoms. The molecule has 146 valence electrons. The van der Waals surface area contributed by atoms with Crippen molar-refractivity contribution >= 4 is 0 Å². The molecular formula is C18H23F3O5. The molecule has 0 amide bonds. The molecule has 2 heterocycles. The van der Waals surface area contributed by atoms with Crippen LogP contribution >= 0.6 is 0 Å². The second-order valence-electron chi connectivity index (χ2n) is 6.57. The molecule has 8 heteroatoms. The molecule has 26 heavy (non-hydrogen) atoms. The van der Waals surface area contributed by atoms with Crippen LogP contribution in [0.1, 0.15) is 31.6 Å². The Morgan fingerprint density at radius 2 is 1.58 bits per heavy atom. The number of alkyl halides is 3. The number of halogens is 3. The first kappa shape index (κ1) is 19.4. The molecule has 0 saturated carbocycles. The predicted octanol–water partition coefficient (Wildman–Crippen LogP) is 4.04. The highest BCUT2D eigenvalue weighted by atomic mass is 19.4. The van der Waals surface area contributed by atoms with Gasteiger partial charge in [0.15, 0.2) is 12.6 Å². The maximum Gasteiger partial charge on any atom is 0.573 e. The van der Waals surface area contributed by atoms with Crippen molar-refractivity contribution in [3.8, 4) is 5.75 Å². The van der Waals surface area contributed by atoms with Crippen LogP contribution in [-0.2, 0) is 18.9 Å². The van der Waals surface area contributed by atoms with E-state index in [1.165, 1.54) is 24.3 Å². The monoisotopic (exact) mass is 376 g/mol. The van der Waals surface area contributed by atoms with Gasteiger partial charge in [0, 0.05) is 11.5 Å². The molecule has 0 aromatic heterocycles. The molecule has 1 aromatic rings. The van der Waals surface area contributed by atoms with Gasteiger partial charge >= 0.3 is 6.36 Å². The van der Waals surface area contributed by atoms with E-state index in [1.54, 1.807) is 0 Å². The first-order chi connectivity index (χ1) is 12.4. The van der Waals surface area contributed by atoms with Crippen molar-refractivity contribution in [1.82, 2.24) is 0 Å². The molecular weight excluding hydrogens is 353 g/mol. The Morgan fingerprint density at radius 3 is 2.12 bits per heavy atom. The fourth-order valence-corrected chi connectivity index (χ4v) is 3.10. The Hall–Kier alpha value is -1.35. The van der Waals surface area contributed by atoms with Crippen LogP contribution < -0.4 is 4.74 Å². The van der Waals surface area contributed by atoms with E-state index < -0.39 is 12.7 Å². The van der Waals surface area contributed by atoms with Gasteiger partial charge in [-0.15, -0.1) is 13.2 Å². The van der Waals surface area contributed by atoms with E-state index in [-0.39, 0.29) is 18.0 Å². The van der Waals surface area contributed by atoms with Crippen LogP contribution in [-0.4, -0.2) is 39.1 Å². The SMILES string of the molecule is CCCC1COC(C2COC(c3ccc(OC(F)(F)F)cc3)OC2)OC1. The van der Waals surface area contributed by atoms with E-state index in [2.05, 4.69) is 11.7 Å². The van der Waals surface area contributed by atoms with Gasteiger partial charge in [-0.2, -0.15) is 0 Å². The molecule has 5 nitrogen and oxygen atoms in total. The predicted molar refractivity (Wildman–Crippen MR) is 85.4 cm³/mol. The first-order valence-electron chi connectivity index (χ1n) is 8.76. The van der Waals surface area contributed by atoms with Crippen molar-refractivity contribution in [2.45, 2.75) is 38.7 Å². The standard InChI is InChI=1S/C18H23F3O5/c1-2-3-12-8-22-17(23-9-12)14-10-24-16(25-11-14)13-4-6-15(7-5-13)26-18(19,20)21/h4-7,12,14,16-17H,2-3,8-11H2,1H3. The molecule has 0 bridgehead atoms. The van der Waals surface area contributed by atoms with Crippen molar-refractivity contribution in [1.29, 1.82) is 0 Å². The number of hydrogen-bond acceptors (Lipinski definition) is 5. The third kappa shape index (κ3) is 5.33. The van der Waals surface area contributed by atoms with Gasteiger partial charge in [-0.25, -0.2) is 0 Å². The smallest absolute Gasteiger partial charge is 0.406 e. The fourth-order valence-electron chi connectivity index (χ4n) is 3.10. The van der Waals surface area contributed by atoms with Gasteiger partial charge in [-0.05, 0) is 18.6 Å². The minimum atomic E-state index is -4.71. The molecule has 2 saturated heterocycles. The fraction of sp³-hybridized carbons (Fsp3) is 0.667. The third-order valence-electron chi connectivity index (χ3n) is 4.38. The third-order valence-corrected chi connectivity index (χ3v) is 4.38. The zero-order valence-corrected chi connectivity index (χ0v) is 14.5. The van der Waals surface area contributed by atoms with Gasteiger partial charge in [0.2, 0.25) is 0 Å². The van der Waals surface area contributed by atoms with Crippen molar-refractivity contribution in [3.63, 3.8) is 0 Å². The lowest BCUT2D eigenvalue weighted by atomic mass is 10.0. The molecule has 0 aliphatic carbocycles. The van der Waals surface area contributed by atoms with Crippen molar-refractivity contribution in [3.05, 3.63) is 29.8 Å². The number of hydrogen-bond donors (Lipinski definition) is 0. The summed E-state index contributed by atoms with van der Waals surface area (Å²) in [6.45, 7) is 4.29. The molecule has 2 aliphatic rings. The summed E-state index contributed by atoms with van der Waals surface area (Å²) in [5.41, 5.74) is 0.631. The maximum absolute atomic E-state index is 12.2. The normalized spacial score (nSPS) is 30.2. The lowest BCUT2D eigenvalue weighted by molar-refractivity contribution is -0.283. The number of benzene rings is 1. The van der Waals surface area contributed by atoms with E-state index in [0.29, 0.717) is 37.9 Å². The summed E-state index contributed by atoms with van der Waals surface area (Å²) in [6, 6.07) is 5.47. The van der Waals surface area contributed by atoms with Crippen molar-refractivity contribution < 1.29 is 36.9 Å². The molecule has 3 rings (SSSR count). The highest BCUT2D eigenvalue weighted by Crippen LogP contribution is 2.31. The minimum absolute atomic E-state index is 0.0262. The summed E-state index contributed by atoms with van der Waals surface area (Å²) in [6.07, 6.45) is -3.48. The summed E-state index contributed by atoms with van der Waals surface area (Å²) in [5.74, 6) is 0.133. The molecule has 2 aliphatic heterocycles. The van der Waals surface area contributed by atoms with E-state index in [4.69, 9.17) is 18.9 Å². The molecule has 0 radical (unpaired) electrons. The molecule has 2 fully saturated rings. The van der Waals surface area contributed by atoms with Crippen molar-refractivity contribution in [2.75, 3.05) is 26.4 Å². The first-order valence-corrected chi connectivity index (χ1v) is 8.76. The minimum Gasteiger partial charge on any atom is -0.406 e.